The molecule has 0 fully saturated rings. The molecule has 0 spiro atoms. The second kappa shape index (κ2) is 7.54. The fourth-order valence-electron chi connectivity index (χ4n) is 2.78. The summed E-state index contributed by atoms with van der Waals surface area (Å²) in [7, 11) is 1.97. The van der Waals surface area contributed by atoms with Crippen LogP contribution in [0.5, 0.6) is 0 Å². The molecular formula is C21H25N3OS. The van der Waals surface area contributed by atoms with E-state index in [9.17, 15) is 4.79 Å². The number of nitrogens with one attached hydrogen (secondary N) is 1. The van der Waals surface area contributed by atoms with Crippen molar-refractivity contribution in [1.82, 2.24) is 14.9 Å². The summed E-state index contributed by atoms with van der Waals surface area (Å²) in [5, 5.41) is 2.96. The minimum absolute atomic E-state index is 0.0157. The van der Waals surface area contributed by atoms with Crippen LogP contribution in [0.15, 0.2) is 53.4 Å². The first-order valence-electron chi connectivity index (χ1n) is 8.75. The van der Waals surface area contributed by atoms with Crippen molar-refractivity contribution in [3.63, 3.8) is 0 Å². The van der Waals surface area contributed by atoms with Crippen molar-refractivity contribution in [2.75, 3.05) is 5.75 Å². The number of para-hydroxylation sites is 2. The average Bonchev–Trinajstić information content (AvgIpc) is 2.94. The van der Waals surface area contributed by atoms with Crippen LogP contribution in [0.25, 0.3) is 11.0 Å². The van der Waals surface area contributed by atoms with E-state index in [-0.39, 0.29) is 11.3 Å². The van der Waals surface area contributed by atoms with Crippen molar-refractivity contribution in [3.05, 3.63) is 59.9 Å². The minimum atomic E-state index is 0.0157. The van der Waals surface area contributed by atoms with Gasteiger partial charge < -0.3 is 9.88 Å². The van der Waals surface area contributed by atoms with Crippen LogP contribution in [0.4, 0.5) is 0 Å². The third-order valence-electron chi connectivity index (χ3n) is 4.41. The zero-order valence-electron chi connectivity index (χ0n) is 15.7. The molecule has 0 aliphatic carbocycles. The molecule has 26 heavy (non-hydrogen) atoms. The van der Waals surface area contributed by atoms with Crippen molar-refractivity contribution >= 4 is 28.7 Å². The van der Waals surface area contributed by atoms with Crippen LogP contribution in [-0.2, 0) is 23.8 Å². The monoisotopic (exact) mass is 367 g/mol. The molecule has 0 atom stereocenters. The highest BCUT2D eigenvalue weighted by Crippen LogP contribution is 2.25. The van der Waals surface area contributed by atoms with Crippen LogP contribution in [-0.4, -0.2) is 21.2 Å². The third kappa shape index (κ3) is 4.28. The van der Waals surface area contributed by atoms with Gasteiger partial charge in [-0.3, -0.25) is 4.79 Å². The molecule has 2 aromatic carbocycles. The third-order valence-corrected chi connectivity index (χ3v) is 5.43. The summed E-state index contributed by atoms with van der Waals surface area (Å²) in [5.41, 5.74) is 3.47. The van der Waals surface area contributed by atoms with Crippen LogP contribution in [0, 0.1) is 0 Å². The van der Waals surface area contributed by atoms with Gasteiger partial charge in [0, 0.05) is 11.9 Å². The Kier molecular flexibility index (Phi) is 5.37. The summed E-state index contributed by atoms with van der Waals surface area (Å²) in [6.07, 6.45) is 0. The number of benzene rings is 2. The van der Waals surface area contributed by atoms with E-state index < -0.39 is 0 Å². The van der Waals surface area contributed by atoms with Gasteiger partial charge in [-0.2, -0.15) is 0 Å². The van der Waals surface area contributed by atoms with E-state index in [0.717, 1.165) is 21.8 Å². The van der Waals surface area contributed by atoms with Gasteiger partial charge in [0.05, 0.1) is 23.3 Å². The number of aromatic nitrogens is 2. The Morgan fingerprint density at radius 1 is 1.12 bits per heavy atom. The standard InChI is InChI=1S/C21H25N3OS/c1-21(2,3)15-9-11-16(12-10-15)26-14-20(25)22-13-19-23-17-7-5-6-8-18(17)24(19)4/h5-12H,13-14H2,1-4H3,(H,22,25). The Morgan fingerprint density at radius 2 is 1.81 bits per heavy atom. The quantitative estimate of drug-likeness (QED) is 0.685. The molecule has 1 aromatic heterocycles. The van der Waals surface area contributed by atoms with E-state index in [1.807, 2.05) is 35.9 Å². The van der Waals surface area contributed by atoms with E-state index in [1.54, 1.807) is 11.8 Å². The minimum Gasteiger partial charge on any atom is -0.348 e. The van der Waals surface area contributed by atoms with Crippen LogP contribution in [0.2, 0.25) is 0 Å². The largest absolute Gasteiger partial charge is 0.348 e. The molecule has 0 bridgehead atoms. The summed E-state index contributed by atoms with van der Waals surface area (Å²) in [6.45, 7) is 7.03. The Hall–Kier alpha value is -2.27. The first-order chi connectivity index (χ1) is 12.3. The summed E-state index contributed by atoms with van der Waals surface area (Å²) in [5.74, 6) is 1.28. The van der Waals surface area contributed by atoms with Gasteiger partial charge in [0.25, 0.3) is 0 Å². The lowest BCUT2D eigenvalue weighted by Crippen LogP contribution is -2.26. The normalized spacial score (nSPS) is 11.7. The van der Waals surface area contributed by atoms with E-state index in [2.05, 4.69) is 55.3 Å². The molecule has 136 valence electrons. The first kappa shape index (κ1) is 18.5. The maximum atomic E-state index is 12.2. The van der Waals surface area contributed by atoms with Crippen LogP contribution < -0.4 is 5.32 Å². The number of carbonyl (C=O) groups is 1. The van der Waals surface area contributed by atoms with Gasteiger partial charge in [-0.1, -0.05) is 45.0 Å². The highest BCUT2D eigenvalue weighted by molar-refractivity contribution is 8.00. The van der Waals surface area contributed by atoms with Gasteiger partial charge in [0.1, 0.15) is 5.82 Å². The van der Waals surface area contributed by atoms with Crippen molar-refractivity contribution in [2.45, 2.75) is 37.6 Å². The van der Waals surface area contributed by atoms with E-state index >= 15 is 0 Å². The lowest BCUT2D eigenvalue weighted by molar-refractivity contribution is -0.118. The molecule has 1 heterocycles. The molecule has 3 aromatic rings. The van der Waals surface area contributed by atoms with Crippen LogP contribution in [0.1, 0.15) is 32.2 Å². The van der Waals surface area contributed by atoms with Gasteiger partial charge in [-0.25, -0.2) is 4.98 Å². The number of thioether (sulfide) groups is 1. The van der Waals surface area contributed by atoms with Crippen molar-refractivity contribution in [2.24, 2.45) is 7.05 Å². The Morgan fingerprint density at radius 3 is 2.46 bits per heavy atom. The molecule has 0 saturated carbocycles. The first-order valence-corrected chi connectivity index (χ1v) is 9.73. The summed E-state index contributed by atoms with van der Waals surface area (Å²) in [4.78, 5) is 17.9. The predicted octanol–water partition coefficient (Wildman–Crippen LogP) is 4.28. The lowest BCUT2D eigenvalue weighted by atomic mass is 9.87. The van der Waals surface area contributed by atoms with Gasteiger partial charge in [-0.15, -0.1) is 11.8 Å². The number of amides is 1. The predicted molar refractivity (Wildman–Crippen MR) is 108 cm³/mol. The highest BCUT2D eigenvalue weighted by Gasteiger charge is 2.13. The van der Waals surface area contributed by atoms with E-state index in [4.69, 9.17) is 0 Å². The number of rotatable bonds is 5. The van der Waals surface area contributed by atoms with Gasteiger partial charge >= 0.3 is 0 Å². The molecule has 0 saturated heterocycles. The highest BCUT2D eigenvalue weighted by atomic mass is 32.2. The molecule has 5 heteroatoms. The maximum absolute atomic E-state index is 12.2. The average molecular weight is 368 g/mol. The van der Waals surface area contributed by atoms with Crippen molar-refractivity contribution in [1.29, 1.82) is 0 Å². The number of aryl methyl sites for hydroxylation is 1. The van der Waals surface area contributed by atoms with Crippen LogP contribution in [0.3, 0.4) is 0 Å². The molecule has 0 radical (unpaired) electrons. The van der Waals surface area contributed by atoms with Crippen LogP contribution >= 0.6 is 11.8 Å². The fraction of sp³-hybridized carbons (Fsp3) is 0.333. The number of imidazole rings is 1. The van der Waals surface area contributed by atoms with Gasteiger partial charge in [0.2, 0.25) is 5.91 Å². The Balaban J connectivity index is 1.53. The Bertz CT molecular complexity index is 907. The molecule has 1 N–H and O–H groups in total. The number of fused-ring (bicyclic) bond motifs is 1. The summed E-state index contributed by atoms with van der Waals surface area (Å²) < 4.78 is 2.02. The van der Waals surface area contributed by atoms with E-state index in [1.165, 1.54) is 5.56 Å². The Labute approximate surface area is 159 Å². The molecule has 4 nitrogen and oxygen atoms in total. The molecule has 0 aliphatic rings. The van der Waals surface area contributed by atoms with Crippen molar-refractivity contribution in [3.8, 4) is 0 Å². The lowest BCUT2D eigenvalue weighted by Gasteiger charge is -2.19. The molecule has 0 aliphatic heterocycles. The summed E-state index contributed by atoms with van der Waals surface area (Å²) in [6, 6.07) is 16.4. The van der Waals surface area contributed by atoms with Gasteiger partial charge in [-0.05, 0) is 35.2 Å². The summed E-state index contributed by atoms with van der Waals surface area (Å²) >= 11 is 1.55. The molecule has 3 rings (SSSR count). The second-order valence-corrected chi connectivity index (χ2v) is 8.46. The molecule has 0 unspecified atom stereocenters. The fourth-order valence-corrected chi connectivity index (χ4v) is 3.51. The SMILES string of the molecule is Cn1c(CNC(=O)CSc2ccc(C(C)(C)C)cc2)nc2ccccc21. The number of nitrogens with zero attached hydrogens (tertiary/aromatic N) is 2. The number of hydrogen-bond donors (Lipinski definition) is 1. The number of hydrogen-bond acceptors (Lipinski definition) is 3. The van der Waals surface area contributed by atoms with Gasteiger partial charge in [0.15, 0.2) is 0 Å². The molecular weight excluding hydrogens is 342 g/mol. The zero-order chi connectivity index (χ0) is 18.7. The van der Waals surface area contributed by atoms with Crippen molar-refractivity contribution < 1.29 is 4.79 Å². The zero-order valence-corrected chi connectivity index (χ0v) is 16.6. The topological polar surface area (TPSA) is 46.9 Å². The molecule has 1 amide bonds. The smallest absolute Gasteiger partial charge is 0.230 e. The van der Waals surface area contributed by atoms with E-state index in [0.29, 0.717) is 12.3 Å². The second-order valence-electron chi connectivity index (χ2n) is 7.42. The maximum Gasteiger partial charge on any atom is 0.230 e. The number of carbonyl (C=O) groups excluding carboxylic acids is 1.